The van der Waals surface area contributed by atoms with E-state index < -0.39 is 0 Å². The van der Waals surface area contributed by atoms with Gasteiger partial charge in [0.2, 0.25) is 0 Å². The second-order valence-electron chi connectivity index (χ2n) is 6.84. The minimum atomic E-state index is 0.810. The van der Waals surface area contributed by atoms with E-state index >= 15 is 0 Å². The molecule has 0 amide bonds. The minimum Gasteiger partial charge on any atom is -0.326 e. The highest BCUT2D eigenvalue weighted by atomic mass is 15.3. The summed E-state index contributed by atoms with van der Waals surface area (Å²) in [5.41, 5.74) is 6.67. The molecule has 0 spiro atoms. The van der Waals surface area contributed by atoms with E-state index in [0.29, 0.717) is 0 Å². The van der Waals surface area contributed by atoms with Gasteiger partial charge in [0, 0.05) is 12.2 Å². The van der Waals surface area contributed by atoms with Crippen LogP contribution in [-0.2, 0) is 0 Å². The predicted octanol–water partition coefficient (Wildman–Crippen LogP) is 4.90. The van der Waals surface area contributed by atoms with Crippen LogP contribution in [0.2, 0.25) is 0 Å². The maximum absolute atomic E-state index is 4.61. The Balaban J connectivity index is 1.86. The lowest BCUT2D eigenvalue weighted by molar-refractivity contribution is 0.892. The Morgan fingerprint density at radius 3 is 2.56 bits per heavy atom. The van der Waals surface area contributed by atoms with E-state index in [2.05, 4.69) is 90.1 Å². The summed E-state index contributed by atoms with van der Waals surface area (Å²) in [6.07, 6.45) is 3.48. The van der Waals surface area contributed by atoms with Gasteiger partial charge in [0.25, 0.3) is 0 Å². The summed E-state index contributed by atoms with van der Waals surface area (Å²) >= 11 is 0. The van der Waals surface area contributed by atoms with Crippen LogP contribution in [0.4, 0.5) is 11.5 Å². The minimum absolute atomic E-state index is 0.810. The number of aryl methyl sites for hydroxylation is 3. The van der Waals surface area contributed by atoms with Crippen LogP contribution in [0.15, 0.2) is 55.0 Å². The largest absolute Gasteiger partial charge is 0.326 e. The van der Waals surface area contributed by atoms with Crippen LogP contribution in [-0.4, -0.2) is 26.3 Å². The Bertz CT molecular complexity index is 1110. The average molecular weight is 357 g/mol. The second-order valence-corrected chi connectivity index (χ2v) is 6.84. The Labute approximate surface area is 159 Å². The number of anilines is 2. The number of nitrogens with zero attached hydrogens (tertiary/aromatic N) is 5. The van der Waals surface area contributed by atoms with E-state index in [4.69, 9.17) is 0 Å². The van der Waals surface area contributed by atoms with Crippen LogP contribution in [0.5, 0.6) is 0 Å². The molecule has 0 bridgehead atoms. The summed E-state index contributed by atoms with van der Waals surface area (Å²) in [6, 6.07) is 14.8. The van der Waals surface area contributed by atoms with E-state index in [1.165, 1.54) is 16.7 Å². The SMILES string of the molecule is CCN(c1cccc(C)c1)c1ncnc2c1cnn2-c1ccc(C)c(C)c1. The van der Waals surface area contributed by atoms with Crippen molar-refractivity contribution in [1.29, 1.82) is 0 Å². The monoisotopic (exact) mass is 357 g/mol. The zero-order chi connectivity index (χ0) is 19.0. The van der Waals surface area contributed by atoms with Gasteiger partial charge in [-0.15, -0.1) is 0 Å². The maximum Gasteiger partial charge on any atom is 0.168 e. The first-order valence-corrected chi connectivity index (χ1v) is 9.19. The third kappa shape index (κ3) is 3.05. The topological polar surface area (TPSA) is 46.8 Å². The second kappa shape index (κ2) is 6.83. The van der Waals surface area contributed by atoms with Gasteiger partial charge in [-0.2, -0.15) is 5.10 Å². The summed E-state index contributed by atoms with van der Waals surface area (Å²) in [5, 5.41) is 5.56. The molecule has 2 aromatic carbocycles. The summed E-state index contributed by atoms with van der Waals surface area (Å²) in [5.74, 6) is 0.878. The van der Waals surface area contributed by atoms with Gasteiger partial charge in [-0.25, -0.2) is 14.6 Å². The van der Waals surface area contributed by atoms with Gasteiger partial charge in [-0.05, 0) is 68.7 Å². The zero-order valence-corrected chi connectivity index (χ0v) is 16.1. The quantitative estimate of drug-likeness (QED) is 0.521. The first kappa shape index (κ1) is 17.2. The van der Waals surface area contributed by atoms with Gasteiger partial charge < -0.3 is 4.90 Å². The standard InChI is InChI=1S/C22H23N5/c1-5-26(18-8-6-7-15(2)11-18)21-20-13-25-27(22(20)24-14-23-21)19-10-9-16(3)17(4)12-19/h6-14H,5H2,1-4H3. The van der Waals surface area contributed by atoms with E-state index in [9.17, 15) is 0 Å². The number of hydrogen-bond donors (Lipinski definition) is 0. The zero-order valence-electron chi connectivity index (χ0n) is 16.1. The van der Waals surface area contributed by atoms with Crippen molar-refractivity contribution in [3.8, 4) is 5.69 Å². The molecule has 4 aromatic rings. The molecule has 0 aliphatic heterocycles. The van der Waals surface area contributed by atoms with E-state index in [1.54, 1.807) is 6.33 Å². The van der Waals surface area contributed by atoms with Gasteiger partial charge >= 0.3 is 0 Å². The number of aromatic nitrogens is 4. The van der Waals surface area contributed by atoms with Crippen LogP contribution in [0.1, 0.15) is 23.6 Å². The van der Waals surface area contributed by atoms with Gasteiger partial charge in [0.05, 0.1) is 17.3 Å². The normalized spacial score (nSPS) is 11.1. The molecular weight excluding hydrogens is 334 g/mol. The fraction of sp³-hybridized carbons (Fsp3) is 0.227. The lowest BCUT2D eigenvalue weighted by atomic mass is 10.1. The predicted molar refractivity (Wildman–Crippen MR) is 110 cm³/mol. The third-order valence-corrected chi connectivity index (χ3v) is 4.97. The molecule has 0 aliphatic rings. The molecule has 0 saturated carbocycles. The number of fused-ring (bicyclic) bond motifs is 1. The molecule has 0 atom stereocenters. The van der Waals surface area contributed by atoms with Gasteiger partial charge in [-0.1, -0.05) is 18.2 Å². The molecular formula is C22H23N5. The summed E-state index contributed by atoms with van der Waals surface area (Å²) in [7, 11) is 0. The Hall–Kier alpha value is -3.21. The van der Waals surface area contributed by atoms with Crippen LogP contribution < -0.4 is 4.90 Å². The molecule has 0 radical (unpaired) electrons. The molecule has 5 heteroatoms. The van der Waals surface area contributed by atoms with Crippen molar-refractivity contribution < 1.29 is 0 Å². The van der Waals surface area contributed by atoms with E-state index in [0.717, 1.165) is 34.8 Å². The van der Waals surface area contributed by atoms with Crippen molar-refractivity contribution >= 4 is 22.5 Å². The summed E-state index contributed by atoms with van der Waals surface area (Å²) in [6.45, 7) is 9.27. The van der Waals surface area contributed by atoms with Crippen molar-refractivity contribution in [3.05, 3.63) is 71.7 Å². The molecule has 2 heterocycles. The molecule has 4 rings (SSSR count). The summed E-state index contributed by atoms with van der Waals surface area (Å²) in [4.78, 5) is 11.3. The highest BCUT2D eigenvalue weighted by Crippen LogP contribution is 2.30. The number of benzene rings is 2. The first-order chi connectivity index (χ1) is 13.1. The van der Waals surface area contributed by atoms with Crippen molar-refractivity contribution in [2.45, 2.75) is 27.7 Å². The molecule has 2 aromatic heterocycles. The van der Waals surface area contributed by atoms with Gasteiger partial charge in [0.1, 0.15) is 12.1 Å². The van der Waals surface area contributed by atoms with Crippen molar-refractivity contribution in [3.63, 3.8) is 0 Å². The lowest BCUT2D eigenvalue weighted by Crippen LogP contribution is -2.18. The molecule has 0 fully saturated rings. The Morgan fingerprint density at radius 1 is 0.963 bits per heavy atom. The first-order valence-electron chi connectivity index (χ1n) is 9.19. The van der Waals surface area contributed by atoms with Crippen LogP contribution in [0.3, 0.4) is 0 Å². The van der Waals surface area contributed by atoms with Crippen molar-refractivity contribution in [2.24, 2.45) is 0 Å². The number of rotatable bonds is 4. The highest BCUT2D eigenvalue weighted by molar-refractivity contribution is 5.90. The third-order valence-electron chi connectivity index (χ3n) is 4.97. The van der Waals surface area contributed by atoms with Crippen LogP contribution >= 0.6 is 0 Å². The Kier molecular flexibility index (Phi) is 4.36. The van der Waals surface area contributed by atoms with Crippen LogP contribution in [0.25, 0.3) is 16.7 Å². The average Bonchev–Trinajstić information content (AvgIpc) is 3.10. The Morgan fingerprint density at radius 2 is 1.81 bits per heavy atom. The fourth-order valence-electron chi connectivity index (χ4n) is 3.34. The number of hydrogen-bond acceptors (Lipinski definition) is 4. The van der Waals surface area contributed by atoms with E-state index in [-0.39, 0.29) is 0 Å². The van der Waals surface area contributed by atoms with Crippen molar-refractivity contribution in [1.82, 2.24) is 19.7 Å². The highest BCUT2D eigenvalue weighted by Gasteiger charge is 2.17. The molecule has 27 heavy (non-hydrogen) atoms. The fourth-order valence-corrected chi connectivity index (χ4v) is 3.34. The van der Waals surface area contributed by atoms with Crippen molar-refractivity contribution in [2.75, 3.05) is 11.4 Å². The van der Waals surface area contributed by atoms with E-state index in [1.807, 2.05) is 10.9 Å². The van der Waals surface area contributed by atoms with Gasteiger partial charge in [0.15, 0.2) is 5.65 Å². The maximum atomic E-state index is 4.61. The molecule has 0 saturated heterocycles. The molecule has 5 nitrogen and oxygen atoms in total. The molecule has 0 unspecified atom stereocenters. The molecule has 136 valence electrons. The summed E-state index contributed by atoms with van der Waals surface area (Å²) < 4.78 is 1.89. The molecule has 0 aliphatic carbocycles. The van der Waals surface area contributed by atoms with Crippen LogP contribution in [0, 0.1) is 20.8 Å². The van der Waals surface area contributed by atoms with Gasteiger partial charge in [-0.3, -0.25) is 0 Å². The lowest BCUT2D eigenvalue weighted by Gasteiger charge is -2.22. The molecule has 0 N–H and O–H groups in total. The smallest absolute Gasteiger partial charge is 0.168 e.